The summed E-state index contributed by atoms with van der Waals surface area (Å²) in [6.07, 6.45) is 0.618. The van der Waals surface area contributed by atoms with Gasteiger partial charge < -0.3 is 19.1 Å². The first kappa shape index (κ1) is 21.6. The van der Waals surface area contributed by atoms with Crippen molar-refractivity contribution in [3.63, 3.8) is 0 Å². The molecule has 0 saturated heterocycles. The number of carbonyl (C=O) groups is 2. The molecule has 0 radical (unpaired) electrons. The molecule has 0 bridgehead atoms. The second-order valence-corrected chi connectivity index (χ2v) is 6.93. The minimum Gasteiger partial charge on any atom is -0.383 e. The summed E-state index contributed by atoms with van der Waals surface area (Å²) in [6.45, 7) is 5.34. The van der Waals surface area contributed by atoms with Gasteiger partial charge in [-0.2, -0.15) is 0 Å². The van der Waals surface area contributed by atoms with Crippen LogP contribution in [0.5, 0.6) is 0 Å². The van der Waals surface area contributed by atoms with Crippen LogP contribution in [-0.4, -0.2) is 81.9 Å². The zero-order valence-corrected chi connectivity index (χ0v) is 17.0. The molecule has 0 unspecified atom stereocenters. The van der Waals surface area contributed by atoms with Crippen LogP contribution in [-0.2, 0) is 23.8 Å². The molecule has 8 heteroatoms. The topological polar surface area (TPSA) is 68.3 Å². The van der Waals surface area contributed by atoms with Crippen LogP contribution in [0.1, 0.15) is 18.2 Å². The van der Waals surface area contributed by atoms with Crippen molar-refractivity contribution in [3.05, 3.63) is 28.1 Å². The minimum atomic E-state index is -0.257. The number of rotatable bonds is 13. The molecular formula is C19H28N2O5S. The van der Waals surface area contributed by atoms with E-state index in [1.54, 1.807) is 14.2 Å². The zero-order valence-electron chi connectivity index (χ0n) is 16.2. The molecular weight excluding hydrogens is 368 g/mol. The molecule has 2 rings (SSSR count). The largest absolute Gasteiger partial charge is 0.383 e. The van der Waals surface area contributed by atoms with Crippen molar-refractivity contribution < 1.29 is 23.8 Å². The Balaban J connectivity index is 2.31. The maximum absolute atomic E-state index is 13.1. The lowest BCUT2D eigenvalue weighted by Crippen LogP contribution is -2.38. The maximum Gasteiger partial charge on any atom is 0.277 e. The molecule has 2 amide bonds. The summed E-state index contributed by atoms with van der Waals surface area (Å²) in [4.78, 5) is 30.2. The van der Waals surface area contributed by atoms with E-state index in [1.807, 2.05) is 29.3 Å². The van der Waals surface area contributed by atoms with Gasteiger partial charge in [-0.05, 0) is 24.8 Å². The van der Waals surface area contributed by atoms with Crippen molar-refractivity contribution in [1.82, 2.24) is 9.80 Å². The van der Waals surface area contributed by atoms with Crippen LogP contribution < -0.4 is 0 Å². The summed E-state index contributed by atoms with van der Waals surface area (Å²) < 4.78 is 15.7. The summed E-state index contributed by atoms with van der Waals surface area (Å²) in [5.74, 6) is -0.499. The van der Waals surface area contributed by atoms with Gasteiger partial charge in [0, 0.05) is 51.9 Å². The first-order valence-electron chi connectivity index (χ1n) is 9.10. The molecule has 1 aliphatic rings. The molecule has 7 nitrogen and oxygen atoms in total. The van der Waals surface area contributed by atoms with E-state index in [-0.39, 0.29) is 11.8 Å². The highest BCUT2D eigenvalue weighted by molar-refractivity contribution is 7.11. The Bertz CT molecular complexity index is 637. The first-order valence-corrected chi connectivity index (χ1v) is 9.98. The standard InChI is InChI=1S/C19H28N2O5S/c1-4-26-11-6-8-21-18(22)16(15-7-5-14-27-15)17(19(21)23)20(9-12-24-2)10-13-25-3/h5,7,14H,4,6,8-13H2,1-3H3. The summed E-state index contributed by atoms with van der Waals surface area (Å²) >= 11 is 1.46. The highest BCUT2D eigenvalue weighted by atomic mass is 32.1. The fraction of sp³-hybridized carbons (Fsp3) is 0.579. The quantitative estimate of drug-likeness (QED) is 0.374. The number of carbonyl (C=O) groups excluding carboxylic acids is 2. The molecule has 1 aromatic heterocycles. The predicted octanol–water partition coefficient (Wildman–Crippen LogP) is 1.85. The molecule has 0 aromatic carbocycles. The number of ether oxygens (including phenoxy) is 3. The highest BCUT2D eigenvalue weighted by Gasteiger charge is 2.41. The first-order chi connectivity index (χ1) is 13.2. The van der Waals surface area contributed by atoms with E-state index >= 15 is 0 Å². The lowest BCUT2D eigenvalue weighted by atomic mass is 10.1. The van der Waals surface area contributed by atoms with Crippen molar-refractivity contribution in [3.8, 4) is 0 Å². The van der Waals surface area contributed by atoms with Gasteiger partial charge in [0.25, 0.3) is 11.8 Å². The lowest BCUT2D eigenvalue weighted by Gasteiger charge is -2.25. The lowest BCUT2D eigenvalue weighted by molar-refractivity contribution is -0.137. The van der Waals surface area contributed by atoms with Crippen LogP contribution in [0, 0.1) is 0 Å². The van der Waals surface area contributed by atoms with Crippen LogP contribution >= 0.6 is 11.3 Å². The summed E-state index contributed by atoms with van der Waals surface area (Å²) in [7, 11) is 3.23. The Labute approximate surface area is 164 Å². The van der Waals surface area contributed by atoms with Gasteiger partial charge in [0.05, 0.1) is 18.8 Å². The third-order valence-electron chi connectivity index (χ3n) is 4.23. The minimum absolute atomic E-state index is 0.242. The number of thiophene rings is 1. The maximum atomic E-state index is 13.1. The molecule has 150 valence electrons. The Morgan fingerprint density at radius 2 is 1.78 bits per heavy atom. The van der Waals surface area contributed by atoms with Gasteiger partial charge in [0.15, 0.2) is 0 Å². The van der Waals surface area contributed by atoms with E-state index < -0.39 is 0 Å². The Morgan fingerprint density at radius 1 is 1.07 bits per heavy atom. The molecule has 0 saturated carbocycles. The second kappa shape index (κ2) is 11.2. The normalized spacial score (nSPS) is 14.6. The summed E-state index contributed by atoms with van der Waals surface area (Å²) in [5.41, 5.74) is 0.909. The Hall–Kier alpha value is -1.74. The zero-order chi connectivity index (χ0) is 19.6. The van der Waals surface area contributed by atoms with Crippen LogP contribution in [0.15, 0.2) is 23.2 Å². The smallest absolute Gasteiger partial charge is 0.277 e. The van der Waals surface area contributed by atoms with Crippen LogP contribution in [0.25, 0.3) is 5.57 Å². The van der Waals surface area contributed by atoms with Gasteiger partial charge in [-0.25, -0.2) is 0 Å². The summed E-state index contributed by atoms with van der Waals surface area (Å²) in [6, 6.07) is 3.76. The van der Waals surface area contributed by atoms with E-state index in [0.29, 0.717) is 63.8 Å². The molecule has 0 N–H and O–H groups in total. The number of methoxy groups -OCH3 is 2. The molecule has 0 atom stereocenters. The number of amides is 2. The second-order valence-electron chi connectivity index (χ2n) is 5.99. The average Bonchev–Trinajstić information content (AvgIpc) is 3.27. The van der Waals surface area contributed by atoms with Crippen LogP contribution in [0.4, 0.5) is 0 Å². The van der Waals surface area contributed by atoms with Crippen molar-refractivity contribution in [2.75, 3.05) is 60.3 Å². The molecule has 27 heavy (non-hydrogen) atoms. The SMILES string of the molecule is CCOCCCN1C(=O)C(c2cccs2)=C(N(CCOC)CCOC)C1=O. The van der Waals surface area contributed by atoms with Crippen molar-refractivity contribution in [2.24, 2.45) is 0 Å². The van der Waals surface area contributed by atoms with Crippen LogP contribution in [0.2, 0.25) is 0 Å². The van der Waals surface area contributed by atoms with E-state index in [1.165, 1.54) is 16.2 Å². The van der Waals surface area contributed by atoms with Gasteiger partial charge in [0.2, 0.25) is 0 Å². The third-order valence-corrected chi connectivity index (χ3v) is 5.12. The van der Waals surface area contributed by atoms with E-state index in [0.717, 1.165) is 4.88 Å². The van der Waals surface area contributed by atoms with Crippen molar-refractivity contribution in [1.29, 1.82) is 0 Å². The summed E-state index contributed by atoms with van der Waals surface area (Å²) in [5, 5.41) is 1.91. The number of hydrogen-bond acceptors (Lipinski definition) is 7. The van der Waals surface area contributed by atoms with Gasteiger partial charge in [0.1, 0.15) is 5.70 Å². The molecule has 1 aromatic rings. The number of imide groups is 1. The molecule has 0 aliphatic carbocycles. The van der Waals surface area contributed by atoms with Gasteiger partial charge in [-0.3, -0.25) is 14.5 Å². The van der Waals surface area contributed by atoms with Gasteiger partial charge in [-0.15, -0.1) is 11.3 Å². The highest BCUT2D eigenvalue weighted by Crippen LogP contribution is 2.33. The predicted molar refractivity (Wildman–Crippen MR) is 104 cm³/mol. The monoisotopic (exact) mass is 396 g/mol. The van der Waals surface area contributed by atoms with E-state index in [4.69, 9.17) is 14.2 Å². The van der Waals surface area contributed by atoms with Gasteiger partial charge in [-0.1, -0.05) is 6.07 Å². The molecule has 0 spiro atoms. The van der Waals surface area contributed by atoms with E-state index in [9.17, 15) is 9.59 Å². The number of nitrogens with zero attached hydrogens (tertiary/aromatic N) is 2. The van der Waals surface area contributed by atoms with Crippen molar-refractivity contribution >= 4 is 28.7 Å². The Kier molecular flexibility index (Phi) is 8.93. The van der Waals surface area contributed by atoms with Gasteiger partial charge >= 0.3 is 0 Å². The van der Waals surface area contributed by atoms with Crippen LogP contribution in [0.3, 0.4) is 0 Å². The third kappa shape index (κ3) is 5.38. The van der Waals surface area contributed by atoms with Crippen molar-refractivity contribution in [2.45, 2.75) is 13.3 Å². The molecule has 1 aliphatic heterocycles. The fourth-order valence-corrected chi connectivity index (χ4v) is 3.67. The van der Waals surface area contributed by atoms with E-state index in [2.05, 4.69) is 0 Å². The molecule has 0 fully saturated rings. The molecule has 2 heterocycles. The number of hydrogen-bond donors (Lipinski definition) is 0. The Morgan fingerprint density at radius 3 is 2.33 bits per heavy atom. The average molecular weight is 397 g/mol. The fourth-order valence-electron chi connectivity index (χ4n) is 2.91.